The van der Waals surface area contributed by atoms with Crippen LogP contribution in [0.2, 0.25) is 0 Å². The summed E-state index contributed by atoms with van der Waals surface area (Å²) in [6, 6.07) is 0.341. The second kappa shape index (κ2) is 4.42. The van der Waals surface area contributed by atoms with E-state index in [0.29, 0.717) is 12.0 Å². The number of unbranched alkanes of at least 4 members (excludes halogenated alkanes) is 1. The summed E-state index contributed by atoms with van der Waals surface area (Å²) in [6.07, 6.45) is 6.36. The van der Waals surface area contributed by atoms with Crippen molar-refractivity contribution in [2.75, 3.05) is 6.54 Å². The fourth-order valence-electron chi connectivity index (χ4n) is 3.32. The van der Waals surface area contributed by atoms with Crippen LogP contribution in [0.1, 0.15) is 45.4 Å². The van der Waals surface area contributed by atoms with Gasteiger partial charge in [-0.15, -0.1) is 0 Å². The van der Waals surface area contributed by atoms with Crippen molar-refractivity contribution < 1.29 is 9.90 Å². The van der Waals surface area contributed by atoms with Crippen molar-refractivity contribution in [2.45, 2.75) is 51.5 Å². The molecule has 1 N–H and O–H groups in total. The van der Waals surface area contributed by atoms with Crippen LogP contribution in [0, 0.1) is 11.8 Å². The van der Waals surface area contributed by atoms with Gasteiger partial charge in [0.05, 0.1) is 0 Å². The Morgan fingerprint density at radius 2 is 2.20 bits per heavy atom. The van der Waals surface area contributed by atoms with Crippen LogP contribution in [-0.2, 0) is 0 Å². The Labute approximate surface area is 91.5 Å². The molecule has 0 aromatic rings. The largest absolute Gasteiger partial charge is 0.465 e. The van der Waals surface area contributed by atoms with Crippen molar-refractivity contribution in [1.29, 1.82) is 0 Å². The molecule has 3 heteroatoms. The third-order valence-electron chi connectivity index (χ3n) is 4.10. The molecule has 0 radical (unpaired) electrons. The Balaban J connectivity index is 1.96. The molecule has 0 spiro atoms. The van der Waals surface area contributed by atoms with E-state index in [1.807, 2.05) is 0 Å². The first-order valence-corrected chi connectivity index (χ1v) is 6.22. The van der Waals surface area contributed by atoms with Gasteiger partial charge < -0.3 is 10.0 Å². The summed E-state index contributed by atoms with van der Waals surface area (Å²) in [7, 11) is 0. The van der Waals surface area contributed by atoms with Crippen LogP contribution >= 0.6 is 0 Å². The maximum atomic E-state index is 11.2. The molecule has 0 aliphatic heterocycles. The van der Waals surface area contributed by atoms with Crippen LogP contribution in [0.25, 0.3) is 0 Å². The molecule has 2 aliphatic rings. The second-order valence-corrected chi connectivity index (χ2v) is 5.07. The van der Waals surface area contributed by atoms with Gasteiger partial charge in [0, 0.05) is 12.6 Å². The zero-order valence-electron chi connectivity index (χ0n) is 9.48. The van der Waals surface area contributed by atoms with Crippen molar-refractivity contribution in [3.05, 3.63) is 0 Å². The number of hydrogen-bond acceptors (Lipinski definition) is 1. The number of nitrogens with zero attached hydrogens (tertiary/aromatic N) is 1. The average molecular weight is 211 g/mol. The molecule has 86 valence electrons. The Kier molecular flexibility index (Phi) is 3.17. The summed E-state index contributed by atoms with van der Waals surface area (Å²) >= 11 is 0. The van der Waals surface area contributed by atoms with Gasteiger partial charge >= 0.3 is 6.09 Å². The topological polar surface area (TPSA) is 40.5 Å². The summed E-state index contributed by atoms with van der Waals surface area (Å²) in [5.74, 6) is 1.49. The highest BCUT2D eigenvalue weighted by atomic mass is 16.4. The highest BCUT2D eigenvalue weighted by Gasteiger charge is 2.43. The fraction of sp³-hybridized carbons (Fsp3) is 0.917. The van der Waals surface area contributed by atoms with Gasteiger partial charge in [-0.2, -0.15) is 0 Å². The van der Waals surface area contributed by atoms with Crippen LogP contribution in [0.5, 0.6) is 0 Å². The fourth-order valence-corrected chi connectivity index (χ4v) is 3.32. The molecule has 3 nitrogen and oxygen atoms in total. The van der Waals surface area contributed by atoms with Crippen LogP contribution in [0.4, 0.5) is 4.79 Å². The molecule has 15 heavy (non-hydrogen) atoms. The van der Waals surface area contributed by atoms with Gasteiger partial charge in [0.1, 0.15) is 0 Å². The molecule has 2 fully saturated rings. The van der Waals surface area contributed by atoms with Gasteiger partial charge in [0.25, 0.3) is 0 Å². The molecular weight excluding hydrogens is 190 g/mol. The third-order valence-corrected chi connectivity index (χ3v) is 4.10. The smallest absolute Gasteiger partial charge is 0.407 e. The maximum absolute atomic E-state index is 11.2. The van der Waals surface area contributed by atoms with E-state index in [1.54, 1.807) is 4.90 Å². The lowest BCUT2D eigenvalue weighted by atomic mass is 9.94. The molecule has 3 atom stereocenters. The molecule has 0 heterocycles. The zero-order chi connectivity index (χ0) is 10.8. The molecule has 1 amide bonds. The van der Waals surface area contributed by atoms with Crippen molar-refractivity contribution in [2.24, 2.45) is 11.8 Å². The Hall–Kier alpha value is -0.730. The average Bonchev–Trinajstić information content (AvgIpc) is 2.79. The molecule has 0 aromatic heterocycles. The van der Waals surface area contributed by atoms with E-state index < -0.39 is 6.09 Å². The standard InChI is InChI=1S/C12H21NO2/c1-2-3-6-13(12(14)15)11-8-9-4-5-10(11)7-9/h9-11H,2-8H2,1H3,(H,14,15). The number of carbonyl (C=O) groups is 1. The van der Waals surface area contributed by atoms with Gasteiger partial charge in [-0.05, 0) is 37.5 Å². The molecule has 0 aromatic carbocycles. The molecule has 0 saturated heterocycles. The van der Waals surface area contributed by atoms with E-state index in [-0.39, 0.29) is 0 Å². The highest BCUT2D eigenvalue weighted by molar-refractivity contribution is 5.65. The lowest BCUT2D eigenvalue weighted by Gasteiger charge is -2.32. The first-order valence-electron chi connectivity index (χ1n) is 6.22. The monoisotopic (exact) mass is 211 g/mol. The lowest BCUT2D eigenvalue weighted by Crippen LogP contribution is -2.43. The van der Waals surface area contributed by atoms with Crippen LogP contribution in [0.15, 0.2) is 0 Å². The summed E-state index contributed by atoms with van der Waals surface area (Å²) in [4.78, 5) is 12.9. The van der Waals surface area contributed by atoms with E-state index in [9.17, 15) is 9.90 Å². The van der Waals surface area contributed by atoms with Crippen molar-refractivity contribution in [3.8, 4) is 0 Å². The number of hydrogen-bond donors (Lipinski definition) is 1. The lowest BCUT2D eigenvalue weighted by molar-refractivity contribution is 0.104. The molecule has 2 aliphatic carbocycles. The van der Waals surface area contributed by atoms with Gasteiger partial charge in [0.15, 0.2) is 0 Å². The van der Waals surface area contributed by atoms with E-state index in [2.05, 4.69) is 6.92 Å². The first-order chi connectivity index (χ1) is 7.22. The van der Waals surface area contributed by atoms with E-state index in [4.69, 9.17) is 0 Å². The van der Waals surface area contributed by atoms with Crippen molar-refractivity contribution in [1.82, 2.24) is 4.90 Å². The van der Waals surface area contributed by atoms with Gasteiger partial charge in [-0.25, -0.2) is 4.79 Å². The quantitative estimate of drug-likeness (QED) is 0.776. The Morgan fingerprint density at radius 1 is 1.40 bits per heavy atom. The minimum atomic E-state index is -0.707. The molecule has 2 rings (SSSR count). The number of amides is 1. The molecular formula is C12H21NO2. The Bertz CT molecular complexity index is 242. The van der Waals surface area contributed by atoms with Crippen LogP contribution in [-0.4, -0.2) is 28.7 Å². The number of rotatable bonds is 4. The summed E-state index contributed by atoms with van der Waals surface area (Å²) in [5, 5.41) is 9.21. The highest BCUT2D eigenvalue weighted by Crippen LogP contribution is 2.46. The van der Waals surface area contributed by atoms with Crippen LogP contribution < -0.4 is 0 Å². The minimum Gasteiger partial charge on any atom is -0.465 e. The van der Waals surface area contributed by atoms with Crippen LogP contribution in [0.3, 0.4) is 0 Å². The zero-order valence-corrected chi connectivity index (χ0v) is 9.48. The van der Waals surface area contributed by atoms with Gasteiger partial charge in [-0.3, -0.25) is 0 Å². The van der Waals surface area contributed by atoms with E-state index in [1.165, 1.54) is 19.3 Å². The molecule has 3 unspecified atom stereocenters. The summed E-state index contributed by atoms with van der Waals surface area (Å²) in [5.41, 5.74) is 0. The van der Waals surface area contributed by atoms with E-state index >= 15 is 0 Å². The normalized spacial score (nSPS) is 33.3. The Morgan fingerprint density at radius 3 is 2.67 bits per heavy atom. The second-order valence-electron chi connectivity index (χ2n) is 5.07. The van der Waals surface area contributed by atoms with E-state index in [0.717, 1.165) is 31.7 Å². The number of fused-ring (bicyclic) bond motifs is 2. The van der Waals surface area contributed by atoms with Crippen molar-refractivity contribution >= 4 is 6.09 Å². The van der Waals surface area contributed by atoms with Gasteiger partial charge in [0.2, 0.25) is 0 Å². The van der Waals surface area contributed by atoms with Crippen molar-refractivity contribution in [3.63, 3.8) is 0 Å². The third kappa shape index (κ3) is 2.11. The predicted octanol–water partition coefficient (Wildman–Crippen LogP) is 2.96. The maximum Gasteiger partial charge on any atom is 0.407 e. The summed E-state index contributed by atoms with van der Waals surface area (Å²) in [6.45, 7) is 2.85. The SMILES string of the molecule is CCCCN(C(=O)O)C1CC2CCC1C2. The van der Waals surface area contributed by atoms with Gasteiger partial charge in [-0.1, -0.05) is 19.8 Å². The summed E-state index contributed by atoms with van der Waals surface area (Å²) < 4.78 is 0. The molecule has 2 saturated carbocycles. The minimum absolute atomic E-state index is 0.341. The predicted molar refractivity (Wildman–Crippen MR) is 58.9 cm³/mol. The number of carboxylic acid groups (broad SMARTS) is 1. The molecule has 2 bridgehead atoms. The first kappa shape index (κ1) is 10.8.